The van der Waals surface area contributed by atoms with Crippen LogP contribution in [0, 0.1) is 5.92 Å². The maximum absolute atomic E-state index is 12.5. The number of amides is 5. The summed E-state index contributed by atoms with van der Waals surface area (Å²) in [6.45, 7) is 0.996. The van der Waals surface area contributed by atoms with Crippen molar-refractivity contribution in [3.63, 3.8) is 0 Å². The zero-order valence-electron chi connectivity index (χ0n) is 16.4. The van der Waals surface area contributed by atoms with Crippen molar-refractivity contribution >= 4 is 29.4 Å². The summed E-state index contributed by atoms with van der Waals surface area (Å²) in [7, 11) is 0. The number of imide groups is 1. The number of benzene rings is 1. The third-order valence-electron chi connectivity index (χ3n) is 5.36. The normalized spacial score (nSPS) is 20.8. The van der Waals surface area contributed by atoms with Gasteiger partial charge in [-0.05, 0) is 56.0 Å². The molecule has 4 rings (SSSR count). The van der Waals surface area contributed by atoms with E-state index in [1.165, 1.54) is 0 Å². The summed E-state index contributed by atoms with van der Waals surface area (Å²) in [5, 5.41) is 11.9. The molecule has 1 aliphatic carbocycles. The van der Waals surface area contributed by atoms with Gasteiger partial charge in [0, 0.05) is 18.1 Å². The molecule has 1 atom stereocenters. The van der Waals surface area contributed by atoms with E-state index < -0.39 is 35.8 Å². The molecule has 2 aliphatic rings. The monoisotopic (exact) mass is 410 g/mol. The molecule has 5 amide bonds. The lowest BCUT2D eigenvalue weighted by Gasteiger charge is -2.20. The Hall–Kier alpha value is -3.69. The second-order valence-electron chi connectivity index (χ2n) is 7.62. The molecular weight excluding hydrogens is 388 g/mol. The number of rotatable bonds is 7. The van der Waals surface area contributed by atoms with Crippen molar-refractivity contribution in [1.29, 1.82) is 0 Å². The van der Waals surface area contributed by atoms with Gasteiger partial charge in [-0.1, -0.05) is 0 Å². The number of aromatic nitrogens is 2. The highest BCUT2D eigenvalue weighted by Crippen LogP contribution is 2.42. The summed E-state index contributed by atoms with van der Waals surface area (Å²) in [4.78, 5) is 49.8. The number of anilines is 1. The number of nitrogens with zero attached hydrogens (tertiary/aromatic N) is 3. The fourth-order valence-electron chi connectivity index (χ4n) is 3.50. The smallest absolute Gasteiger partial charge is 0.325 e. The fourth-order valence-corrected chi connectivity index (χ4v) is 3.50. The highest BCUT2D eigenvalue weighted by Gasteiger charge is 2.56. The van der Waals surface area contributed by atoms with Crippen molar-refractivity contribution in [2.45, 2.75) is 25.3 Å². The number of hydrogen-bond donors (Lipinski definition) is 3. The van der Waals surface area contributed by atoms with Crippen LogP contribution in [0.5, 0.6) is 0 Å². The Labute approximate surface area is 172 Å². The molecule has 10 nitrogen and oxygen atoms in total. The Balaban J connectivity index is 1.25. The van der Waals surface area contributed by atoms with Gasteiger partial charge in [-0.25, -0.2) is 9.48 Å². The summed E-state index contributed by atoms with van der Waals surface area (Å²) in [5.74, 6) is -1.28. The van der Waals surface area contributed by atoms with Crippen molar-refractivity contribution in [3.8, 4) is 5.69 Å². The van der Waals surface area contributed by atoms with Gasteiger partial charge in [0.2, 0.25) is 11.8 Å². The predicted molar refractivity (Wildman–Crippen MR) is 107 cm³/mol. The second-order valence-corrected chi connectivity index (χ2v) is 7.62. The number of carbonyl (C=O) groups is 4. The molecule has 0 bridgehead atoms. The van der Waals surface area contributed by atoms with Gasteiger partial charge in [-0.2, -0.15) is 5.10 Å². The average Bonchev–Trinajstić information content (AvgIpc) is 3.40. The van der Waals surface area contributed by atoms with E-state index in [1.807, 2.05) is 12.3 Å². The maximum Gasteiger partial charge on any atom is 0.325 e. The van der Waals surface area contributed by atoms with Crippen molar-refractivity contribution in [2.75, 3.05) is 18.4 Å². The van der Waals surface area contributed by atoms with Crippen LogP contribution >= 0.6 is 0 Å². The van der Waals surface area contributed by atoms with E-state index in [0.29, 0.717) is 5.69 Å². The molecule has 10 heteroatoms. The summed E-state index contributed by atoms with van der Waals surface area (Å²) >= 11 is 0. The van der Waals surface area contributed by atoms with Crippen molar-refractivity contribution in [1.82, 2.24) is 25.3 Å². The topological polar surface area (TPSA) is 125 Å². The molecule has 1 saturated heterocycles. The second kappa shape index (κ2) is 7.62. The standard InChI is InChI=1S/C20H22N6O4/c1-20(13-3-4-13)18(29)25(19(30)24-20)12-17(28)21-11-16(27)23-14-5-7-15(8-6-14)26-10-2-9-22-26/h2,5-10,13H,3-4,11-12H2,1H3,(H,21,28)(H,23,27)(H,24,30). The van der Waals surface area contributed by atoms with Crippen LogP contribution < -0.4 is 16.0 Å². The molecule has 2 aromatic rings. The lowest BCUT2D eigenvalue weighted by molar-refractivity contribution is -0.135. The molecule has 1 unspecified atom stereocenters. The average molecular weight is 410 g/mol. The molecule has 0 spiro atoms. The number of urea groups is 1. The summed E-state index contributed by atoms with van der Waals surface area (Å²) < 4.78 is 1.69. The Kier molecular flexibility index (Phi) is 4.98. The van der Waals surface area contributed by atoms with E-state index in [1.54, 1.807) is 42.1 Å². The SMILES string of the molecule is CC1(C2CC2)NC(=O)N(CC(=O)NCC(=O)Nc2ccc(-n3cccn3)cc2)C1=O. The third-order valence-corrected chi connectivity index (χ3v) is 5.36. The Morgan fingerprint density at radius 1 is 1.20 bits per heavy atom. The van der Waals surface area contributed by atoms with Crippen LogP contribution in [0.1, 0.15) is 19.8 Å². The predicted octanol–water partition coefficient (Wildman–Crippen LogP) is 0.648. The van der Waals surface area contributed by atoms with Crippen molar-refractivity contribution in [2.24, 2.45) is 5.92 Å². The summed E-state index contributed by atoms with van der Waals surface area (Å²) in [6, 6.07) is 8.28. The van der Waals surface area contributed by atoms with Crippen LogP contribution in [-0.2, 0) is 14.4 Å². The first-order valence-corrected chi connectivity index (χ1v) is 9.67. The maximum atomic E-state index is 12.5. The molecule has 30 heavy (non-hydrogen) atoms. The Bertz CT molecular complexity index is 983. The molecule has 1 aromatic heterocycles. The van der Waals surface area contributed by atoms with Gasteiger partial charge < -0.3 is 16.0 Å². The molecule has 2 heterocycles. The molecule has 0 radical (unpaired) electrons. The lowest BCUT2D eigenvalue weighted by atomic mass is 9.96. The van der Waals surface area contributed by atoms with Crippen LogP contribution in [0.25, 0.3) is 5.69 Å². The Morgan fingerprint density at radius 3 is 2.57 bits per heavy atom. The number of nitrogens with one attached hydrogen (secondary N) is 3. The van der Waals surface area contributed by atoms with Crippen LogP contribution in [-0.4, -0.2) is 57.1 Å². The van der Waals surface area contributed by atoms with E-state index in [9.17, 15) is 19.2 Å². The minimum atomic E-state index is -0.933. The molecule has 1 aromatic carbocycles. The van der Waals surface area contributed by atoms with Gasteiger partial charge in [-0.15, -0.1) is 0 Å². The minimum absolute atomic E-state index is 0.118. The number of hydrogen-bond acceptors (Lipinski definition) is 5. The van der Waals surface area contributed by atoms with E-state index >= 15 is 0 Å². The zero-order valence-corrected chi connectivity index (χ0v) is 16.4. The molecule has 1 saturated carbocycles. The van der Waals surface area contributed by atoms with Gasteiger partial charge >= 0.3 is 6.03 Å². The highest BCUT2D eigenvalue weighted by atomic mass is 16.2. The van der Waals surface area contributed by atoms with E-state index in [4.69, 9.17) is 0 Å². The lowest BCUT2D eigenvalue weighted by Crippen LogP contribution is -2.47. The highest BCUT2D eigenvalue weighted by molar-refractivity contribution is 6.09. The fraction of sp³-hybridized carbons (Fsp3) is 0.350. The van der Waals surface area contributed by atoms with E-state index in [-0.39, 0.29) is 12.5 Å². The van der Waals surface area contributed by atoms with Gasteiger partial charge in [-0.3, -0.25) is 19.3 Å². The molecular formula is C20H22N6O4. The van der Waals surface area contributed by atoms with Crippen LogP contribution in [0.2, 0.25) is 0 Å². The van der Waals surface area contributed by atoms with Gasteiger partial charge in [0.25, 0.3) is 5.91 Å². The molecule has 1 aliphatic heterocycles. The van der Waals surface area contributed by atoms with Crippen LogP contribution in [0.3, 0.4) is 0 Å². The van der Waals surface area contributed by atoms with Gasteiger partial charge in [0.1, 0.15) is 12.1 Å². The first-order chi connectivity index (χ1) is 14.4. The van der Waals surface area contributed by atoms with Gasteiger partial charge in [0.15, 0.2) is 0 Å². The summed E-state index contributed by atoms with van der Waals surface area (Å²) in [6.07, 6.45) is 5.24. The first kappa shape index (κ1) is 19.6. The van der Waals surface area contributed by atoms with Crippen molar-refractivity contribution in [3.05, 3.63) is 42.7 Å². The molecule has 156 valence electrons. The van der Waals surface area contributed by atoms with Crippen LogP contribution in [0.4, 0.5) is 10.5 Å². The quantitative estimate of drug-likeness (QED) is 0.578. The van der Waals surface area contributed by atoms with E-state index in [0.717, 1.165) is 23.4 Å². The molecule has 2 fully saturated rings. The van der Waals surface area contributed by atoms with Crippen LogP contribution in [0.15, 0.2) is 42.7 Å². The minimum Gasteiger partial charge on any atom is -0.345 e. The first-order valence-electron chi connectivity index (χ1n) is 9.67. The molecule has 3 N–H and O–H groups in total. The number of carbonyl (C=O) groups excluding carboxylic acids is 4. The largest absolute Gasteiger partial charge is 0.345 e. The zero-order chi connectivity index (χ0) is 21.3. The van der Waals surface area contributed by atoms with Crippen molar-refractivity contribution < 1.29 is 19.2 Å². The van der Waals surface area contributed by atoms with Gasteiger partial charge in [0.05, 0.1) is 12.2 Å². The summed E-state index contributed by atoms with van der Waals surface area (Å²) in [5.41, 5.74) is 0.481. The Morgan fingerprint density at radius 2 is 1.93 bits per heavy atom. The third kappa shape index (κ3) is 3.88. The van der Waals surface area contributed by atoms with E-state index in [2.05, 4.69) is 21.0 Å².